The van der Waals surface area contributed by atoms with E-state index in [2.05, 4.69) is 0 Å². The molecule has 0 aromatic carbocycles. The Morgan fingerprint density at radius 2 is 1.93 bits per heavy atom. The van der Waals surface area contributed by atoms with E-state index in [0.29, 0.717) is 0 Å². The molecule has 90 valence electrons. The smallest absolute Gasteiger partial charge is 0.324 e. The summed E-state index contributed by atoms with van der Waals surface area (Å²) in [5, 5.41) is 17.2. The molecule has 1 atom stereocenters. The van der Waals surface area contributed by atoms with Crippen LogP contribution in [0.3, 0.4) is 0 Å². The normalized spacial score (nSPS) is 14.5. The number of aliphatic hydroxyl groups is 1. The quantitative estimate of drug-likeness (QED) is 0.529. The minimum absolute atomic E-state index is 0.296. The van der Waals surface area contributed by atoms with Crippen LogP contribution in [0.1, 0.15) is 13.8 Å². The summed E-state index contributed by atoms with van der Waals surface area (Å²) in [6, 6.07) is -1.81. The van der Waals surface area contributed by atoms with Gasteiger partial charge in [0.1, 0.15) is 6.04 Å². The van der Waals surface area contributed by atoms with Crippen LogP contribution in [-0.4, -0.2) is 54.6 Å². The number of carboxylic acid groups (broad SMARTS) is 1. The zero-order valence-electron chi connectivity index (χ0n) is 8.84. The zero-order valence-corrected chi connectivity index (χ0v) is 9.65. The maximum absolute atomic E-state index is 11.5. The first-order chi connectivity index (χ1) is 6.72. The molecule has 7 nitrogen and oxygen atoms in total. The maximum atomic E-state index is 11.5. The summed E-state index contributed by atoms with van der Waals surface area (Å²) in [5.41, 5.74) is 0. The molecule has 15 heavy (non-hydrogen) atoms. The summed E-state index contributed by atoms with van der Waals surface area (Å²) >= 11 is 0. The standard InChI is InChI=1S/C7H16N2O5S/c1-5(2)9(3)15(13,14)8-6(4-10)7(11)12/h5-6,8,10H,4H2,1-3H3,(H,11,12)/t6-/m0/s1. The van der Waals surface area contributed by atoms with Gasteiger partial charge in [-0.1, -0.05) is 0 Å². The Kier molecular flexibility index (Phi) is 5.15. The number of aliphatic hydroxyl groups excluding tert-OH is 1. The molecule has 0 spiro atoms. The number of carboxylic acids is 1. The summed E-state index contributed by atoms with van der Waals surface area (Å²) in [4.78, 5) is 10.5. The zero-order chi connectivity index (χ0) is 12.2. The summed E-state index contributed by atoms with van der Waals surface area (Å²) in [5.74, 6) is -1.42. The maximum Gasteiger partial charge on any atom is 0.324 e. The number of carbonyl (C=O) groups is 1. The van der Waals surface area contributed by atoms with Gasteiger partial charge in [-0.3, -0.25) is 4.79 Å². The molecule has 0 aromatic heterocycles. The Morgan fingerprint density at radius 3 is 2.20 bits per heavy atom. The highest BCUT2D eigenvalue weighted by molar-refractivity contribution is 7.87. The van der Waals surface area contributed by atoms with Crippen molar-refractivity contribution in [2.24, 2.45) is 0 Å². The predicted octanol–water partition coefficient (Wildman–Crippen LogP) is -1.39. The number of hydrogen-bond donors (Lipinski definition) is 3. The van der Waals surface area contributed by atoms with Crippen LogP contribution in [0, 0.1) is 0 Å². The molecule has 0 rings (SSSR count). The van der Waals surface area contributed by atoms with E-state index >= 15 is 0 Å². The minimum atomic E-state index is -3.87. The van der Waals surface area contributed by atoms with Crippen molar-refractivity contribution in [2.45, 2.75) is 25.9 Å². The molecule has 0 unspecified atom stereocenters. The topological polar surface area (TPSA) is 107 Å². The second kappa shape index (κ2) is 5.40. The van der Waals surface area contributed by atoms with Gasteiger partial charge in [-0.25, -0.2) is 0 Å². The molecular weight excluding hydrogens is 224 g/mol. The summed E-state index contributed by atoms with van der Waals surface area (Å²) in [7, 11) is -2.55. The Balaban J connectivity index is 4.70. The van der Waals surface area contributed by atoms with Crippen LogP contribution in [0.4, 0.5) is 0 Å². The second-order valence-corrected chi connectivity index (χ2v) is 5.07. The largest absolute Gasteiger partial charge is 0.480 e. The number of nitrogens with one attached hydrogen (secondary N) is 1. The third kappa shape index (κ3) is 4.12. The molecule has 0 aliphatic carbocycles. The van der Waals surface area contributed by atoms with Crippen molar-refractivity contribution < 1.29 is 23.4 Å². The van der Waals surface area contributed by atoms with Gasteiger partial charge in [0.05, 0.1) is 6.61 Å². The molecule has 0 heterocycles. The fourth-order valence-electron chi connectivity index (χ4n) is 0.706. The van der Waals surface area contributed by atoms with Gasteiger partial charge in [-0.15, -0.1) is 0 Å². The van der Waals surface area contributed by atoms with Crippen molar-refractivity contribution in [1.29, 1.82) is 0 Å². The molecule has 0 saturated heterocycles. The van der Waals surface area contributed by atoms with Crippen molar-refractivity contribution in [3.8, 4) is 0 Å². The molecule has 0 amide bonds. The molecule has 0 aliphatic heterocycles. The van der Waals surface area contributed by atoms with E-state index in [9.17, 15) is 13.2 Å². The van der Waals surface area contributed by atoms with E-state index in [0.717, 1.165) is 4.31 Å². The third-order valence-electron chi connectivity index (χ3n) is 1.88. The van der Waals surface area contributed by atoms with Gasteiger partial charge in [0, 0.05) is 13.1 Å². The highest BCUT2D eigenvalue weighted by Gasteiger charge is 2.27. The van der Waals surface area contributed by atoms with Gasteiger partial charge in [0.25, 0.3) is 10.2 Å². The van der Waals surface area contributed by atoms with E-state index in [-0.39, 0.29) is 6.04 Å². The molecule has 0 aromatic rings. The van der Waals surface area contributed by atoms with Gasteiger partial charge in [-0.05, 0) is 13.8 Å². The molecular formula is C7H16N2O5S. The van der Waals surface area contributed by atoms with E-state index in [1.807, 2.05) is 4.72 Å². The monoisotopic (exact) mass is 240 g/mol. The Bertz CT molecular complexity index is 313. The lowest BCUT2D eigenvalue weighted by molar-refractivity contribution is -0.139. The first-order valence-electron chi connectivity index (χ1n) is 4.31. The first-order valence-corrected chi connectivity index (χ1v) is 5.75. The minimum Gasteiger partial charge on any atom is -0.480 e. The van der Waals surface area contributed by atoms with Crippen LogP contribution in [0.2, 0.25) is 0 Å². The molecule has 3 N–H and O–H groups in total. The molecule has 0 radical (unpaired) electrons. The Hall–Kier alpha value is -0.700. The van der Waals surface area contributed by atoms with Crippen molar-refractivity contribution >= 4 is 16.2 Å². The average molecular weight is 240 g/mol. The predicted molar refractivity (Wildman–Crippen MR) is 53.5 cm³/mol. The third-order valence-corrected chi connectivity index (χ3v) is 3.64. The number of hydrogen-bond acceptors (Lipinski definition) is 4. The lowest BCUT2D eigenvalue weighted by Crippen LogP contribution is -2.50. The summed E-state index contributed by atoms with van der Waals surface area (Å²) < 4.78 is 25.8. The van der Waals surface area contributed by atoms with E-state index < -0.39 is 28.8 Å². The van der Waals surface area contributed by atoms with E-state index in [4.69, 9.17) is 10.2 Å². The number of aliphatic carboxylic acids is 1. The van der Waals surface area contributed by atoms with Gasteiger partial charge in [0.2, 0.25) is 0 Å². The van der Waals surface area contributed by atoms with E-state index in [1.165, 1.54) is 7.05 Å². The van der Waals surface area contributed by atoms with Crippen molar-refractivity contribution in [3.05, 3.63) is 0 Å². The molecule has 0 aliphatic rings. The lowest BCUT2D eigenvalue weighted by Gasteiger charge is -2.23. The first kappa shape index (κ1) is 14.3. The van der Waals surface area contributed by atoms with E-state index in [1.54, 1.807) is 13.8 Å². The van der Waals surface area contributed by atoms with Crippen LogP contribution in [0.15, 0.2) is 0 Å². The molecule has 8 heteroatoms. The fraction of sp³-hybridized carbons (Fsp3) is 0.857. The number of rotatable bonds is 6. The van der Waals surface area contributed by atoms with Crippen molar-refractivity contribution in [1.82, 2.24) is 9.03 Å². The van der Waals surface area contributed by atoms with Crippen LogP contribution in [0.25, 0.3) is 0 Å². The van der Waals surface area contributed by atoms with Gasteiger partial charge in [0.15, 0.2) is 0 Å². The molecule has 0 saturated carbocycles. The van der Waals surface area contributed by atoms with Crippen LogP contribution >= 0.6 is 0 Å². The second-order valence-electron chi connectivity index (χ2n) is 3.31. The summed E-state index contributed by atoms with van der Waals surface area (Å²) in [6.07, 6.45) is 0. The molecule has 0 bridgehead atoms. The van der Waals surface area contributed by atoms with Gasteiger partial charge in [-0.2, -0.15) is 17.4 Å². The fourth-order valence-corrected chi connectivity index (χ4v) is 1.96. The van der Waals surface area contributed by atoms with Gasteiger partial charge < -0.3 is 10.2 Å². The Morgan fingerprint density at radius 1 is 1.47 bits per heavy atom. The lowest BCUT2D eigenvalue weighted by atomic mass is 10.3. The number of nitrogens with zero attached hydrogens (tertiary/aromatic N) is 1. The average Bonchev–Trinajstić information content (AvgIpc) is 2.12. The Labute approximate surface area is 88.9 Å². The van der Waals surface area contributed by atoms with Crippen molar-refractivity contribution in [2.75, 3.05) is 13.7 Å². The molecule has 0 fully saturated rings. The highest BCUT2D eigenvalue weighted by atomic mass is 32.2. The highest BCUT2D eigenvalue weighted by Crippen LogP contribution is 2.01. The summed E-state index contributed by atoms with van der Waals surface area (Å²) in [6.45, 7) is 2.50. The van der Waals surface area contributed by atoms with Crippen LogP contribution in [-0.2, 0) is 15.0 Å². The van der Waals surface area contributed by atoms with Gasteiger partial charge >= 0.3 is 5.97 Å². The van der Waals surface area contributed by atoms with Crippen LogP contribution in [0.5, 0.6) is 0 Å². The van der Waals surface area contributed by atoms with Crippen LogP contribution < -0.4 is 4.72 Å². The SMILES string of the molecule is CC(C)N(C)S(=O)(=O)N[C@@H](CO)C(=O)O. The van der Waals surface area contributed by atoms with Crippen molar-refractivity contribution in [3.63, 3.8) is 0 Å².